The molecule has 2 saturated heterocycles. The molecule has 0 aliphatic carbocycles. The first-order chi connectivity index (χ1) is 14.5. The highest BCUT2D eigenvalue weighted by Gasteiger charge is 2.24. The molecule has 2 aromatic rings. The molecule has 1 aromatic heterocycles. The molecule has 2 aliphatic heterocycles. The van der Waals surface area contributed by atoms with E-state index in [0.717, 1.165) is 18.2 Å². The first-order valence-electron chi connectivity index (χ1n) is 10.6. The second kappa shape index (κ2) is 9.16. The van der Waals surface area contributed by atoms with Crippen molar-refractivity contribution in [2.45, 2.75) is 38.6 Å². The molecule has 2 aliphatic rings. The molecular formula is C22H27ClFN5O. The van der Waals surface area contributed by atoms with Crippen LogP contribution >= 0.6 is 11.6 Å². The molecule has 30 heavy (non-hydrogen) atoms. The first kappa shape index (κ1) is 20.8. The van der Waals surface area contributed by atoms with Crippen molar-refractivity contribution in [1.82, 2.24) is 15.1 Å². The molecule has 0 saturated carbocycles. The van der Waals surface area contributed by atoms with E-state index in [4.69, 9.17) is 11.6 Å². The maximum absolute atomic E-state index is 14.0. The molecular weight excluding hydrogens is 405 g/mol. The monoisotopic (exact) mass is 431 g/mol. The molecule has 0 N–H and O–H groups in total. The summed E-state index contributed by atoms with van der Waals surface area (Å²) in [5.41, 5.74) is 0.264. The fourth-order valence-corrected chi connectivity index (χ4v) is 4.46. The summed E-state index contributed by atoms with van der Waals surface area (Å²) in [5, 5.41) is 9.18. The fourth-order valence-electron chi connectivity index (χ4n) is 4.23. The van der Waals surface area contributed by atoms with E-state index in [0.29, 0.717) is 37.2 Å². The number of anilines is 2. The lowest BCUT2D eigenvalue weighted by molar-refractivity contribution is -0.130. The third-order valence-corrected chi connectivity index (χ3v) is 6.43. The van der Waals surface area contributed by atoms with Crippen molar-refractivity contribution in [2.75, 3.05) is 42.5 Å². The highest BCUT2D eigenvalue weighted by Crippen LogP contribution is 2.24. The molecule has 6 nitrogen and oxygen atoms in total. The van der Waals surface area contributed by atoms with Crippen molar-refractivity contribution in [1.29, 1.82) is 0 Å². The number of nitrogens with zero attached hydrogens (tertiary/aromatic N) is 5. The molecule has 2 fully saturated rings. The first-order valence-corrected chi connectivity index (χ1v) is 11.0. The summed E-state index contributed by atoms with van der Waals surface area (Å²) < 4.78 is 14.0. The van der Waals surface area contributed by atoms with Gasteiger partial charge in [-0.25, -0.2) is 4.39 Å². The van der Waals surface area contributed by atoms with Crippen molar-refractivity contribution >= 4 is 29.1 Å². The van der Waals surface area contributed by atoms with Gasteiger partial charge in [0, 0.05) is 49.4 Å². The quantitative estimate of drug-likeness (QED) is 0.741. The van der Waals surface area contributed by atoms with Gasteiger partial charge >= 0.3 is 0 Å². The van der Waals surface area contributed by atoms with Crippen molar-refractivity contribution in [3.63, 3.8) is 0 Å². The molecule has 160 valence electrons. The van der Waals surface area contributed by atoms with Gasteiger partial charge in [0.25, 0.3) is 0 Å². The lowest BCUT2D eigenvalue weighted by Gasteiger charge is -2.36. The van der Waals surface area contributed by atoms with Gasteiger partial charge in [-0.15, -0.1) is 10.2 Å². The van der Waals surface area contributed by atoms with Crippen molar-refractivity contribution < 1.29 is 9.18 Å². The SMILES string of the molecule is CC1CCCCN1c1ccc(N2CCN(C(=O)Cc3c(F)cccc3Cl)CC2)nn1. The van der Waals surface area contributed by atoms with Crippen LogP contribution in [-0.4, -0.2) is 59.8 Å². The van der Waals surface area contributed by atoms with Gasteiger partial charge in [-0.05, 0) is 50.5 Å². The minimum Gasteiger partial charge on any atom is -0.352 e. The third-order valence-electron chi connectivity index (χ3n) is 6.08. The van der Waals surface area contributed by atoms with Gasteiger partial charge in [0.1, 0.15) is 5.82 Å². The number of rotatable bonds is 4. The molecule has 0 radical (unpaired) electrons. The maximum atomic E-state index is 14.0. The van der Waals surface area contributed by atoms with E-state index in [2.05, 4.69) is 26.9 Å². The maximum Gasteiger partial charge on any atom is 0.227 e. The van der Waals surface area contributed by atoms with Crippen LogP contribution in [0.5, 0.6) is 0 Å². The van der Waals surface area contributed by atoms with E-state index in [9.17, 15) is 9.18 Å². The van der Waals surface area contributed by atoms with Gasteiger partial charge < -0.3 is 14.7 Å². The Labute approximate surface area is 181 Å². The lowest BCUT2D eigenvalue weighted by Crippen LogP contribution is -2.49. The zero-order valence-electron chi connectivity index (χ0n) is 17.2. The second-order valence-electron chi connectivity index (χ2n) is 8.03. The van der Waals surface area contributed by atoms with Crippen LogP contribution in [0.15, 0.2) is 30.3 Å². The van der Waals surface area contributed by atoms with Crippen LogP contribution in [0.2, 0.25) is 5.02 Å². The van der Waals surface area contributed by atoms with E-state index >= 15 is 0 Å². The number of hydrogen-bond acceptors (Lipinski definition) is 5. The largest absolute Gasteiger partial charge is 0.352 e. The second-order valence-corrected chi connectivity index (χ2v) is 8.44. The zero-order chi connectivity index (χ0) is 21.1. The standard InChI is InChI=1S/C22H27ClFN5O/c1-16-5-2-3-10-29(16)21-9-8-20(25-26-21)27-11-13-28(14-12-27)22(30)15-17-18(23)6-4-7-19(17)24/h4,6-9,16H,2-3,5,10-15H2,1H3. The highest BCUT2D eigenvalue weighted by molar-refractivity contribution is 6.31. The molecule has 8 heteroatoms. The molecule has 0 spiro atoms. The number of carbonyl (C=O) groups excluding carboxylic acids is 1. The van der Waals surface area contributed by atoms with Crippen molar-refractivity contribution in [2.24, 2.45) is 0 Å². The number of piperidine rings is 1. The van der Waals surface area contributed by atoms with Gasteiger partial charge in [-0.1, -0.05) is 17.7 Å². The minimum atomic E-state index is -0.437. The third kappa shape index (κ3) is 4.51. The summed E-state index contributed by atoms with van der Waals surface area (Å²) >= 11 is 6.06. The Morgan fingerprint density at radius 1 is 1.07 bits per heavy atom. The Kier molecular flexibility index (Phi) is 6.37. The van der Waals surface area contributed by atoms with E-state index in [1.807, 2.05) is 12.1 Å². The summed E-state index contributed by atoms with van der Waals surface area (Å²) in [5.74, 6) is 1.21. The number of amides is 1. The topological polar surface area (TPSA) is 52.6 Å². The predicted octanol–water partition coefficient (Wildman–Crippen LogP) is 3.54. The molecule has 1 amide bonds. The van der Waals surface area contributed by atoms with Crippen LogP contribution in [0.25, 0.3) is 0 Å². The Morgan fingerprint density at radius 2 is 1.80 bits per heavy atom. The van der Waals surface area contributed by atoms with E-state index < -0.39 is 5.82 Å². The Balaban J connectivity index is 1.33. The fraction of sp³-hybridized carbons (Fsp3) is 0.500. The van der Waals surface area contributed by atoms with Crippen LogP contribution in [-0.2, 0) is 11.2 Å². The number of aromatic nitrogens is 2. The van der Waals surface area contributed by atoms with E-state index in [-0.39, 0.29) is 17.9 Å². The van der Waals surface area contributed by atoms with E-state index in [1.165, 1.54) is 25.3 Å². The smallest absolute Gasteiger partial charge is 0.227 e. The number of benzene rings is 1. The summed E-state index contributed by atoms with van der Waals surface area (Å²) in [6.45, 7) is 5.74. The van der Waals surface area contributed by atoms with Gasteiger partial charge in [-0.3, -0.25) is 4.79 Å². The van der Waals surface area contributed by atoms with Crippen LogP contribution in [0.4, 0.5) is 16.0 Å². The molecule has 1 atom stereocenters. The number of carbonyl (C=O) groups is 1. The molecule has 1 unspecified atom stereocenters. The Bertz CT molecular complexity index is 865. The summed E-state index contributed by atoms with van der Waals surface area (Å²) in [6.07, 6.45) is 3.64. The minimum absolute atomic E-state index is 0.0198. The summed E-state index contributed by atoms with van der Waals surface area (Å²) in [6, 6.07) is 9.04. The molecule has 0 bridgehead atoms. The average Bonchev–Trinajstić information content (AvgIpc) is 2.77. The zero-order valence-corrected chi connectivity index (χ0v) is 18.0. The summed E-state index contributed by atoms with van der Waals surface area (Å²) in [7, 11) is 0. The van der Waals surface area contributed by atoms with Crippen molar-refractivity contribution in [3.8, 4) is 0 Å². The molecule has 3 heterocycles. The van der Waals surface area contributed by atoms with Crippen LogP contribution < -0.4 is 9.80 Å². The number of piperazine rings is 1. The van der Waals surface area contributed by atoms with Crippen LogP contribution in [0.1, 0.15) is 31.7 Å². The van der Waals surface area contributed by atoms with Gasteiger partial charge in [0.2, 0.25) is 5.91 Å². The van der Waals surface area contributed by atoms with Crippen molar-refractivity contribution in [3.05, 3.63) is 46.7 Å². The normalized spacial score (nSPS) is 19.8. The van der Waals surface area contributed by atoms with Crippen LogP contribution in [0.3, 0.4) is 0 Å². The van der Waals surface area contributed by atoms with Gasteiger partial charge in [0.15, 0.2) is 11.6 Å². The molecule has 1 aromatic carbocycles. The Hall–Kier alpha value is -2.41. The van der Waals surface area contributed by atoms with Crippen LogP contribution in [0, 0.1) is 5.82 Å². The molecule has 4 rings (SSSR count). The number of hydrogen-bond donors (Lipinski definition) is 0. The van der Waals surface area contributed by atoms with Gasteiger partial charge in [0.05, 0.1) is 6.42 Å². The highest BCUT2D eigenvalue weighted by atomic mass is 35.5. The average molecular weight is 432 g/mol. The summed E-state index contributed by atoms with van der Waals surface area (Å²) in [4.78, 5) is 18.8. The van der Waals surface area contributed by atoms with E-state index in [1.54, 1.807) is 17.0 Å². The predicted molar refractivity (Wildman–Crippen MR) is 117 cm³/mol. The van der Waals surface area contributed by atoms with Gasteiger partial charge in [-0.2, -0.15) is 0 Å². The number of halogens is 2. The lowest BCUT2D eigenvalue weighted by atomic mass is 10.0. The Morgan fingerprint density at radius 3 is 2.47 bits per heavy atom.